The van der Waals surface area contributed by atoms with E-state index < -0.39 is 5.97 Å². The highest BCUT2D eigenvalue weighted by Crippen LogP contribution is 2.48. The lowest BCUT2D eigenvalue weighted by molar-refractivity contribution is -0.144. The van der Waals surface area contributed by atoms with Crippen molar-refractivity contribution in [1.29, 1.82) is 0 Å². The van der Waals surface area contributed by atoms with Crippen molar-refractivity contribution in [2.75, 3.05) is 0 Å². The summed E-state index contributed by atoms with van der Waals surface area (Å²) in [6.07, 6.45) is 2.87. The summed E-state index contributed by atoms with van der Waals surface area (Å²) in [5.74, 6) is -0.0102. The molecule has 1 saturated carbocycles. The van der Waals surface area contributed by atoms with Crippen molar-refractivity contribution in [3.05, 3.63) is 21.9 Å². The first-order valence-electron chi connectivity index (χ1n) is 7.07. The van der Waals surface area contributed by atoms with E-state index in [1.165, 1.54) is 10.4 Å². The van der Waals surface area contributed by atoms with E-state index in [-0.39, 0.29) is 17.3 Å². The molecule has 0 radical (unpaired) electrons. The van der Waals surface area contributed by atoms with Crippen molar-refractivity contribution in [3.63, 3.8) is 0 Å². The van der Waals surface area contributed by atoms with Crippen LogP contribution >= 0.6 is 11.3 Å². The number of thiophene rings is 1. The van der Waals surface area contributed by atoms with Crippen LogP contribution in [0, 0.1) is 24.2 Å². The quantitative estimate of drug-likeness (QED) is 0.853. The third kappa shape index (κ3) is 3.02. The fraction of sp³-hybridized carbons (Fsp3) is 0.688. The van der Waals surface area contributed by atoms with E-state index in [0.717, 1.165) is 19.3 Å². The molecule has 106 valence electrons. The van der Waals surface area contributed by atoms with Crippen LogP contribution in [0.5, 0.6) is 0 Å². The molecule has 19 heavy (non-hydrogen) atoms. The Morgan fingerprint density at radius 2 is 2.05 bits per heavy atom. The van der Waals surface area contributed by atoms with E-state index >= 15 is 0 Å². The Labute approximate surface area is 119 Å². The Bertz CT molecular complexity index is 456. The molecule has 3 heteroatoms. The van der Waals surface area contributed by atoms with Gasteiger partial charge in [-0.2, -0.15) is 0 Å². The minimum absolute atomic E-state index is 0.196. The number of aryl methyl sites for hydroxylation is 1. The molecule has 0 amide bonds. The number of carbonyl (C=O) groups is 1. The summed E-state index contributed by atoms with van der Waals surface area (Å²) in [4.78, 5) is 12.8. The normalized spacial score (nSPS) is 28.3. The van der Waals surface area contributed by atoms with Gasteiger partial charge in [-0.05, 0) is 60.4 Å². The van der Waals surface area contributed by atoms with Gasteiger partial charge >= 0.3 is 5.97 Å². The summed E-state index contributed by atoms with van der Waals surface area (Å²) >= 11 is 1.73. The average molecular weight is 280 g/mol. The fourth-order valence-electron chi connectivity index (χ4n) is 3.38. The van der Waals surface area contributed by atoms with Crippen LogP contribution < -0.4 is 0 Å². The molecule has 1 fully saturated rings. The number of carboxylic acids is 1. The molecule has 1 aliphatic carbocycles. The molecule has 0 saturated heterocycles. The Kier molecular flexibility index (Phi) is 4.05. The fourth-order valence-corrected chi connectivity index (χ4v) is 4.15. The summed E-state index contributed by atoms with van der Waals surface area (Å²) < 4.78 is 0. The van der Waals surface area contributed by atoms with E-state index in [9.17, 15) is 9.90 Å². The number of hydrogen-bond acceptors (Lipinski definition) is 2. The smallest absolute Gasteiger partial charge is 0.307 e. The lowest BCUT2D eigenvalue weighted by Crippen LogP contribution is -2.34. The first-order valence-corrected chi connectivity index (χ1v) is 7.95. The zero-order chi connectivity index (χ0) is 14.2. The van der Waals surface area contributed by atoms with Crippen LogP contribution in [0.3, 0.4) is 0 Å². The van der Waals surface area contributed by atoms with Gasteiger partial charge in [0, 0.05) is 4.88 Å². The van der Waals surface area contributed by atoms with Crippen molar-refractivity contribution in [2.45, 2.75) is 52.9 Å². The highest BCUT2D eigenvalue weighted by Gasteiger charge is 2.40. The monoisotopic (exact) mass is 280 g/mol. The maximum Gasteiger partial charge on any atom is 0.307 e. The van der Waals surface area contributed by atoms with Gasteiger partial charge < -0.3 is 5.11 Å². The molecule has 2 nitrogen and oxygen atoms in total. The number of aliphatic carboxylic acids is 1. The number of rotatable bonds is 2. The van der Waals surface area contributed by atoms with Crippen LogP contribution in [0.2, 0.25) is 0 Å². The molecular formula is C16H24O2S. The van der Waals surface area contributed by atoms with E-state index in [1.807, 2.05) is 0 Å². The lowest BCUT2D eigenvalue weighted by atomic mass is 9.64. The SMILES string of the molecule is Cc1sccc1C1CC(C(C)(C)C)CCC1C(=O)O. The summed E-state index contributed by atoms with van der Waals surface area (Å²) in [6, 6.07) is 2.13. The summed E-state index contributed by atoms with van der Waals surface area (Å²) in [5.41, 5.74) is 1.54. The molecule has 1 aromatic heterocycles. The second-order valence-electron chi connectivity index (χ2n) is 6.86. The van der Waals surface area contributed by atoms with Gasteiger partial charge in [0.1, 0.15) is 0 Å². The highest BCUT2D eigenvalue weighted by molar-refractivity contribution is 7.10. The van der Waals surface area contributed by atoms with Crippen molar-refractivity contribution in [1.82, 2.24) is 0 Å². The largest absolute Gasteiger partial charge is 0.481 e. The van der Waals surface area contributed by atoms with Gasteiger partial charge in [-0.1, -0.05) is 20.8 Å². The molecule has 0 bridgehead atoms. The van der Waals surface area contributed by atoms with E-state index in [2.05, 4.69) is 39.1 Å². The molecule has 0 spiro atoms. The molecule has 1 heterocycles. The van der Waals surface area contributed by atoms with Gasteiger partial charge in [0.05, 0.1) is 5.92 Å². The molecule has 0 aliphatic heterocycles. The van der Waals surface area contributed by atoms with Crippen LogP contribution in [-0.4, -0.2) is 11.1 Å². The van der Waals surface area contributed by atoms with E-state index in [4.69, 9.17) is 0 Å². The molecule has 1 aliphatic rings. The highest BCUT2D eigenvalue weighted by atomic mass is 32.1. The van der Waals surface area contributed by atoms with Crippen molar-refractivity contribution in [3.8, 4) is 0 Å². The summed E-state index contributed by atoms with van der Waals surface area (Å²) in [6.45, 7) is 8.93. The standard InChI is InChI=1S/C16H24O2S/c1-10-12(7-8-19-10)14-9-11(16(2,3)4)5-6-13(14)15(17)18/h7-8,11,13-14H,5-6,9H2,1-4H3,(H,17,18). The average Bonchev–Trinajstić information content (AvgIpc) is 2.73. The molecule has 3 atom stereocenters. The van der Waals surface area contributed by atoms with Crippen LogP contribution in [0.25, 0.3) is 0 Å². The number of carboxylic acid groups (broad SMARTS) is 1. The first kappa shape index (κ1) is 14.6. The minimum Gasteiger partial charge on any atom is -0.481 e. The van der Waals surface area contributed by atoms with Gasteiger partial charge in [0.25, 0.3) is 0 Å². The third-order valence-corrected chi connectivity index (χ3v) is 5.55. The second-order valence-corrected chi connectivity index (χ2v) is 7.98. The molecule has 2 rings (SSSR count). The molecular weight excluding hydrogens is 256 g/mol. The summed E-state index contributed by atoms with van der Waals surface area (Å²) in [5, 5.41) is 11.6. The predicted octanol–water partition coefficient (Wildman–Crippen LogP) is 4.69. The van der Waals surface area contributed by atoms with Crippen LogP contribution in [0.1, 0.15) is 56.4 Å². The van der Waals surface area contributed by atoms with Crippen LogP contribution in [0.4, 0.5) is 0 Å². The van der Waals surface area contributed by atoms with Crippen LogP contribution in [0.15, 0.2) is 11.4 Å². The Morgan fingerprint density at radius 3 is 2.53 bits per heavy atom. The second kappa shape index (κ2) is 5.28. The maximum absolute atomic E-state index is 11.5. The number of hydrogen-bond donors (Lipinski definition) is 1. The van der Waals surface area contributed by atoms with Crippen molar-refractivity contribution in [2.24, 2.45) is 17.3 Å². The Hall–Kier alpha value is -0.830. The Balaban J connectivity index is 2.28. The zero-order valence-electron chi connectivity index (χ0n) is 12.3. The third-order valence-electron chi connectivity index (χ3n) is 4.69. The van der Waals surface area contributed by atoms with Gasteiger partial charge in [-0.15, -0.1) is 11.3 Å². The van der Waals surface area contributed by atoms with E-state index in [0.29, 0.717) is 5.92 Å². The van der Waals surface area contributed by atoms with E-state index in [1.54, 1.807) is 11.3 Å². The van der Waals surface area contributed by atoms with Crippen molar-refractivity contribution < 1.29 is 9.90 Å². The van der Waals surface area contributed by atoms with Crippen molar-refractivity contribution >= 4 is 17.3 Å². The Morgan fingerprint density at radius 1 is 1.37 bits per heavy atom. The van der Waals surface area contributed by atoms with Gasteiger partial charge in [-0.25, -0.2) is 0 Å². The first-order chi connectivity index (χ1) is 8.80. The lowest BCUT2D eigenvalue weighted by Gasteiger charge is -2.40. The summed E-state index contributed by atoms with van der Waals surface area (Å²) in [7, 11) is 0. The molecule has 0 aromatic carbocycles. The molecule has 1 N–H and O–H groups in total. The van der Waals surface area contributed by atoms with Gasteiger partial charge in [0.2, 0.25) is 0 Å². The minimum atomic E-state index is -0.622. The van der Waals surface area contributed by atoms with Gasteiger partial charge in [0.15, 0.2) is 0 Å². The topological polar surface area (TPSA) is 37.3 Å². The predicted molar refractivity (Wildman–Crippen MR) is 79.7 cm³/mol. The molecule has 3 unspecified atom stereocenters. The zero-order valence-corrected chi connectivity index (χ0v) is 13.1. The van der Waals surface area contributed by atoms with Gasteiger partial charge in [-0.3, -0.25) is 4.79 Å². The maximum atomic E-state index is 11.5. The molecule has 1 aromatic rings. The van der Waals surface area contributed by atoms with Crippen LogP contribution in [-0.2, 0) is 4.79 Å².